The third kappa shape index (κ3) is 6.20. The summed E-state index contributed by atoms with van der Waals surface area (Å²) in [6, 6.07) is 6.33. The van der Waals surface area contributed by atoms with Crippen LogP contribution in [-0.2, 0) is 14.8 Å². The minimum absolute atomic E-state index is 0.0114. The summed E-state index contributed by atoms with van der Waals surface area (Å²) in [4.78, 5) is 16.9. The van der Waals surface area contributed by atoms with E-state index in [1.807, 2.05) is 6.92 Å². The zero-order chi connectivity index (χ0) is 22.4. The van der Waals surface area contributed by atoms with Gasteiger partial charge in [-0.05, 0) is 31.4 Å². The fourth-order valence-corrected chi connectivity index (χ4v) is 5.78. The third-order valence-electron chi connectivity index (χ3n) is 5.09. The van der Waals surface area contributed by atoms with E-state index in [0.29, 0.717) is 48.7 Å². The molecule has 1 amide bonds. The normalized spacial score (nSPS) is 15.9. The molecule has 2 aromatic rings. The van der Waals surface area contributed by atoms with Crippen molar-refractivity contribution in [3.63, 3.8) is 0 Å². The first-order valence-corrected chi connectivity index (χ1v) is 12.6. The standard InChI is InChI=1S/C20H25F2N3O4S2/c1-2-3-12-31(27,28)25-10-8-14(9-11-25)18(26)24-20-23-16(13-30-20)15-6-4-5-7-17(15)29-19(21)22/h4-7,13-14,19H,2-3,8-12H2,1H3,(H,23,24,26). The lowest BCUT2D eigenvalue weighted by molar-refractivity contribution is -0.120. The van der Waals surface area contributed by atoms with Crippen LogP contribution in [0.15, 0.2) is 29.6 Å². The number of alkyl halides is 2. The van der Waals surface area contributed by atoms with E-state index in [2.05, 4.69) is 15.0 Å². The zero-order valence-corrected chi connectivity index (χ0v) is 18.7. The summed E-state index contributed by atoms with van der Waals surface area (Å²) in [7, 11) is -3.27. The maximum Gasteiger partial charge on any atom is 0.387 e. The molecule has 0 atom stereocenters. The Morgan fingerprint density at radius 1 is 1.32 bits per heavy atom. The summed E-state index contributed by atoms with van der Waals surface area (Å²) in [6.45, 7) is -0.354. The number of thiazole rings is 1. The lowest BCUT2D eigenvalue weighted by atomic mass is 9.97. The lowest BCUT2D eigenvalue weighted by Gasteiger charge is -2.30. The highest BCUT2D eigenvalue weighted by atomic mass is 32.2. The van der Waals surface area contributed by atoms with Crippen LogP contribution >= 0.6 is 11.3 Å². The number of nitrogens with one attached hydrogen (secondary N) is 1. The number of benzene rings is 1. The summed E-state index contributed by atoms with van der Waals surface area (Å²) in [5.41, 5.74) is 0.832. The molecule has 0 spiro atoms. The second-order valence-electron chi connectivity index (χ2n) is 7.24. The number of amides is 1. The molecule has 1 aliphatic rings. The Morgan fingerprint density at radius 2 is 2.03 bits per heavy atom. The van der Waals surface area contributed by atoms with Crippen molar-refractivity contribution in [1.29, 1.82) is 0 Å². The number of rotatable bonds is 9. The predicted octanol–water partition coefficient (Wildman–Crippen LogP) is 4.19. The molecule has 1 aromatic carbocycles. The molecule has 2 heterocycles. The number of sulfonamides is 1. The van der Waals surface area contributed by atoms with E-state index in [0.717, 1.165) is 6.42 Å². The van der Waals surface area contributed by atoms with Gasteiger partial charge in [-0.3, -0.25) is 4.79 Å². The molecule has 7 nitrogen and oxygen atoms in total. The molecule has 3 rings (SSSR count). The number of anilines is 1. The molecular weight excluding hydrogens is 448 g/mol. The van der Waals surface area contributed by atoms with Crippen molar-refractivity contribution in [1.82, 2.24) is 9.29 Å². The van der Waals surface area contributed by atoms with Crippen LogP contribution < -0.4 is 10.1 Å². The summed E-state index contributed by atoms with van der Waals surface area (Å²) in [5.74, 6) is -0.376. The summed E-state index contributed by atoms with van der Waals surface area (Å²) < 4.78 is 55.9. The quantitative estimate of drug-likeness (QED) is 0.590. The molecule has 0 bridgehead atoms. The Kier molecular flexibility index (Phi) is 7.95. The molecule has 1 aromatic heterocycles. The van der Waals surface area contributed by atoms with Crippen LogP contribution in [0.25, 0.3) is 11.3 Å². The number of unbranched alkanes of at least 4 members (excludes halogenated alkanes) is 1. The maximum atomic E-state index is 12.6. The van der Waals surface area contributed by atoms with Gasteiger partial charge in [0, 0.05) is 30.0 Å². The van der Waals surface area contributed by atoms with Crippen LogP contribution in [0.4, 0.5) is 13.9 Å². The summed E-state index contributed by atoms with van der Waals surface area (Å²) in [5, 5.41) is 4.77. The zero-order valence-electron chi connectivity index (χ0n) is 17.1. The Morgan fingerprint density at radius 3 is 2.71 bits per heavy atom. The van der Waals surface area contributed by atoms with Gasteiger partial charge in [0.1, 0.15) is 5.75 Å². The Hall–Kier alpha value is -2.11. The van der Waals surface area contributed by atoms with E-state index in [9.17, 15) is 22.0 Å². The van der Waals surface area contributed by atoms with Gasteiger partial charge in [-0.2, -0.15) is 8.78 Å². The van der Waals surface area contributed by atoms with E-state index in [4.69, 9.17) is 0 Å². The second-order valence-corrected chi connectivity index (χ2v) is 10.2. The van der Waals surface area contributed by atoms with Crippen molar-refractivity contribution in [3.05, 3.63) is 29.6 Å². The Bertz CT molecular complexity index is 990. The molecular formula is C20H25F2N3O4S2. The molecule has 31 heavy (non-hydrogen) atoms. The first-order chi connectivity index (χ1) is 14.8. The van der Waals surface area contributed by atoms with Gasteiger partial charge in [0.25, 0.3) is 0 Å². The SMILES string of the molecule is CCCCS(=O)(=O)N1CCC(C(=O)Nc2nc(-c3ccccc3OC(F)F)cs2)CC1. The van der Waals surface area contributed by atoms with E-state index in [1.54, 1.807) is 23.6 Å². The van der Waals surface area contributed by atoms with Crippen LogP contribution in [0.3, 0.4) is 0 Å². The molecule has 11 heteroatoms. The molecule has 0 radical (unpaired) electrons. The van der Waals surface area contributed by atoms with Crippen molar-refractivity contribution in [2.75, 3.05) is 24.2 Å². The van der Waals surface area contributed by atoms with Gasteiger partial charge in [-0.1, -0.05) is 25.5 Å². The van der Waals surface area contributed by atoms with E-state index in [-0.39, 0.29) is 23.3 Å². The topological polar surface area (TPSA) is 88.6 Å². The second kappa shape index (κ2) is 10.5. The number of aromatic nitrogens is 1. The van der Waals surface area contributed by atoms with Crippen molar-refractivity contribution < 1.29 is 26.7 Å². The van der Waals surface area contributed by atoms with E-state index >= 15 is 0 Å². The molecule has 170 valence electrons. The monoisotopic (exact) mass is 473 g/mol. The van der Waals surface area contributed by atoms with Crippen molar-refractivity contribution in [2.45, 2.75) is 39.2 Å². The average Bonchev–Trinajstić information content (AvgIpc) is 3.20. The Labute approximate surface area is 184 Å². The number of halogens is 2. The van der Waals surface area contributed by atoms with Gasteiger partial charge in [-0.15, -0.1) is 11.3 Å². The van der Waals surface area contributed by atoms with Crippen LogP contribution in [0.2, 0.25) is 0 Å². The van der Waals surface area contributed by atoms with Crippen LogP contribution in [0, 0.1) is 5.92 Å². The first-order valence-electron chi connectivity index (χ1n) is 10.1. The summed E-state index contributed by atoms with van der Waals surface area (Å²) in [6.07, 6.45) is 2.33. The molecule has 0 unspecified atom stereocenters. The van der Waals surface area contributed by atoms with Crippen LogP contribution in [0.5, 0.6) is 5.75 Å². The number of hydrogen-bond donors (Lipinski definition) is 1. The fourth-order valence-electron chi connectivity index (χ4n) is 3.39. The Balaban J connectivity index is 1.59. The molecule has 1 saturated heterocycles. The number of hydrogen-bond acceptors (Lipinski definition) is 6. The number of piperidine rings is 1. The molecule has 1 fully saturated rings. The van der Waals surface area contributed by atoms with Crippen molar-refractivity contribution in [2.24, 2.45) is 5.92 Å². The lowest BCUT2D eigenvalue weighted by Crippen LogP contribution is -2.42. The number of carbonyl (C=O) groups is 1. The van der Waals surface area contributed by atoms with Gasteiger partial charge in [0.05, 0.1) is 11.4 Å². The third-order valence-corrected chi connectivity index (χ3v) is 7.80. The van der Waals surface area contributed by atoms with Crippen LogP contribution in [0.1, 0.15) is 32.6 Å². The minimum Gasteiger partial charge on any atom is -0.434 e. The number of carbonyl (C=O) groups excluding carboxylic acids is 1. The number of nitrogens with zero attached hydrogens (tertiary/aromatic N) is 2. The summed E-state index contributed by atoms with van der Waals surface area (Å²) >= 11 is 1.19. The molecule has 0 aliphatic carbocycles. The molecule has 1 aliphatic heterocycles. The number of ether oxygens (including phenoxy) is 1. The highest BCUT2D eigenvalue weighted by Gasteiger charge is 2.31. The maximum absolute atomic E-state index is 12.6. The van der Waals surface area contributed by atoms with E-state index in [1.165, 1.54) is 21.7 Å². The highest BCUT2D eigenvalue weighted by Crippen LogP contribution is 2.33. The molecule has 0 saturated carbocycles. The van der Waals surface area contributed by atoms with E-state index < -0.39 is 16.6 Å². The molecule has 1 N–H and O–H groups in total. The van der Waals surface area contributed by atoms with Gasteiger partial charge < -0.3 is 10.1 Å². The van der Waals surface area contributed by atoms with Crippen molar-refractivity contribution in [3.8, 4) is 17.0 Å². The predicted molar refractivity (Wildman–Crippen MR) is 116 cm³/mol. The van der Waals surface area contributed by atoms with Gasteiger partial charge in [0.2, 0.25) is 15.9 Å². The largest absolute Gasteiger partial charge is 0.434 e. The van der Waals surface area contributed by atoms with Gasteiger partial charge in [0.15, 0.2) is 5.13 Å². The van der Waals surface area contributed by atoms with Crippen LogP contribution in [-0.4, -0.2) is 49.1 Å². The minimum atomic E-state index is -3.27. The first kappa shape index (κ1) is 23.6. The smallest absolute Gasteiger partial charge is 0.387 e. The average molecular weight is 474 g/mol. The van der Waals surface area contributed by atoms with Gasteiger partial charge >= 0.3 is 6.61 Å². The number of para-hydroxylation sites is 1. The highest BCUT2D eigenvalue weighted by molar-refractivity contribution is 7.89. The van der Waals surface area contributed by atoms with Crippen molar-refractivity contribution >= 4 is 32.4 Å². The van der Waals surface area contributed by atoms with Gasteiger partial charge in [-0.25, -0.2) is 17.7 Å². The fraction of sp³-hybridized carbons (Fsp3) is 0.500.